The van der Waals surface area contributed by atoms with E-state index in [4.69, 9.17) is 19.6 Å². The zero-order chi connectivity index (χ0) is 24.2. The summed E-state index contributed by atoms with van der Waals surface area (Å²) in [7, 11) is 2.40. The van der Waals surface area contributed by atoms with Gasteiger partial charge < -0.3 is 19.6 Å². The molecule has 1 unspecified atom stereocenters. The van der Waals surface area contributed by atoms with Crippen LogP contribution >= 0.6 is 0 Å². The topological polar surface area (TPSA) is 132 Å². The van der Waals surface area contributed by atoms with Crippen LogP contribution in [0.2, 0.25) is 0 Å². The van der Waals surface area contributed by atoms with E-state index in [2.05, 4.69) is 11.1 Å². The first-order valence-corrected chi connectivity index (χ1v) is 10.2. The van der Waals surface area contributed by atoms with Crippen molar-refractivity contribution in [2.75, 3.05) is 19.1 Å². The molecule has 0 saturated heterocycles. The largest absolute Gasteiger partial charge is 0.466 e. The van der Waals surface area contributed by atoms with Crippen molar-refractivity contribution >= 4 is 17.6 Å². The number of oxazole rings is 1. The molecular weight excluding hydrogens is 436 g/mol. The van der Waals surface area contributed by atoms with Gasteiger partial charge in [-0.1, -0.05) is 42.5 Å². The molecule has 4 rings (SSSR count). The number of nitrogens with two attached hydrogens (primary N) is 1. The molecule has 0 spiro atoms. The number of hydrogen-bond acceptors (Lipinski definition) is 9. The Hall–Kier alpha value is -4.84. The Morgan fingerprint density at radius 1 is 1.06 bits per heavy atom. The van der Waals surface area contributed by atoms with Crippen LogP contribution < -0.4 is 10.6 Å². The number of esters is 2. The smallest absolute Gasteiger partial charge is 0.355 e. The second-order valence-corrected chi connectivity index (χ2v) is 7.22. The van der Waals surface area contributed by atoms with Crippen LogP contribution in [0.4, 0.5) is 5.69 Å². The van der Waals surface area contributed by atoms with Crippen molar-refractivity contribution in [3.8, 4) is 17.4 Å². The summed E-state index contributed by atoms with van der Waals surface area (Å²) in [6.07, 6.45) is 2.77. The lowest BCUT2D eigenvalue weighted by molar-refractivity contribution is -0.139. The van der Waals surface area contributed by atoms with Crippen LogP contribution in [0.1, 0.15) is 11.5 Å². The molecule has 1 aliphatic heterocycles. The summed E-state index contributed by atoms with van der Waals surface area (Å²) < 4.78 is 15.6. The van der Waals surface area contributed by atoms with Gasteiger partial charge in [0.25, 0.3) is 0 Å². The lowest BCUT2D eigenvalue weighted by atomic mass is 9.80. The second kappa shape index (κ2) is 9.34. The van der Waals surface area contributed by atoms with Crippen molar-refractivity contribution in [2.24, 2.45) is 5.73 Å². The minimum Gasteiger partial charge on any atom is -0.466 e. The fourth-order valence-corrected chi connectivity index (χ4v) is 3.99. The van der Waals surface area contributed by atoms with Gasteiger partial charge in [0.15, 0.2) is 12.2 Å². The van der Waals surface area contributed by atoms with Crippen LogP contribution in [0.15, 0.2) is 94.3 Å². The number of allylic oxidation sites excluding steroid dienone is 1. The number of carbonyl (C=O) groups excluding carboxylic acids is 2. The highest BCUT2D eigenvalue weighted by Gasteiger charge is 2.43. The third-order valence-electron chi connectivity index (χ3n) is 5.45. The summed E-state index contributed by atoms with van der Waals surface area (Å²) in [4.78, 5) is 31.6. The summed E-state index contributed by atoms with van der Waals surface area (Å²) in [5.74, 6) is -2.20. The number of para-hydroxylation sites is 1. The highest BCUT2D eigenvalue weighted by molar-refractivity contribution is 6.07. The van der Waals surface area contributed by atoms with Gasteiger partial charge in [0.1, 0.15) is 11.5 Å². The molecule has 2 heterocycles. The van der Waals surface area contributed by atoms with Gasteiger partial charge in [-0.25, -0.2) is 14.6 Å². The van der Waals surface area contributed by atoms with Crippen molar-refractivity contribution in [2.45, 2.75) is 5.92 Å². The fourth-order valence-electron chi connectivity index (χ4n) is 3.99. The minimum absolute atomic E-state index is 0.0311. The molecular formula is C25H20N4O5. The zero-order valence-corrected chi connectivity index (χ0v) is 18.4. The van der Waals surface area contributed by atoms with E-state index in [0.717, 1.165) is 0 Å². The molecule has 0 bridgehead atoms. The number of rotatable bonds is 5. The lowest BCUT2D eigenvalue weighted by Gasteiger charge is -2.36. The van der Waals surface area contributed by atoms with Gasteiger partial charge in [-0.2, -0.15) is 5.26 Å². The van der Waals surface area contributed by atoms with Crippen molar-refractivity contribution in [3.63, 3.8) is 0 Å². The monoisotopic (exact) mass is 456 g/mol. The van der Waals surface area contributed by atoms with Gasteiger partial charge in [0.2, 0.25) is 0 Å². The molecule has 1 atom stereocenters. The van der Waals surface area contributed by atoms with Gasteiger partial charge >= 0.3 is 11.9 Å². The number of aromatic nitrogens is 1. The van der Waals surface area contributed by atoms with E-state index in [1.165, 1.54) is 31.7 Å². The van der Waals surface area contributed by atoms with Crippen LogP contribution in [0.3, 0.4) is 0 Å². The van der Waals surface area contributed by atoms with E-state index >= 15 is 0 Å². The van der Waals surface area contributed by atoms with Gasteiger partial charge in [-0.15, -0.1) is 0 Å². The predicted octanol–water partition coefficient (Wildman–Crippen LogP) is 3.24. The van der Waals surface area contributed by atoms with Crippen molar-refractivity contribution in [1.82, 2.24) is 4.98 Å². The third kappa shape index (κ3) is 3.67. The Kier molecular flexibility index (Phi) is 6.14. The van der Waals surface area contributed by atoms with E-state index in [0.29, 0.717) is 22.6 Å². The van der Waals surface area contributed by atoms with Gasteiger partial charge in [0, 0.05) is 5.56 Å². The van der Waals surface area contributed by atoms with Crippen molar-refractivity contribution < 1.29 is 23.5 Å². The number of carbonyl (C=O) groups is 2. The Morgan fingerprint density at radius 3 is 2.35 bits per heavy atom. The van der Waals surface area contributed by atoms with E-state index < -0.39 is 17.9 Å². The number of nitriles is 1. The Balaban J connectivity index is 2.09. The van der Waals surface area contributed by atoms with Crippen LogP contribution in [0.5, 0.6) is 0 Å². The number of anilines is 1. The van der Waals surface area contributed by atoms with Crippen LogP contribution in [0.25, 0.3) is 11.3 Å². The summed E-state index contributed by atoms with van der Waals surface area (Å²) in [5, 5.41) is 10.1. The molecule has 0 saturated carbocycles. The van der Waals surface area contributed by atoms with E-state index in [1.54, 1.807) is 54.6 Å². The van der Waals surface area contributed by atoms with E-state index in [-0.39, 0.29) is 22.7 Å². The maximum Gasteiger partial charge on any atom is 0.355 e. The summed E-state index contributed by atoms with van der Waals surface area (Å²) in [6.45, 7) is 0. The highest BCUT2D eigenvalue weighted by atomic mass is 16.5. The van der Waals surface area contributed by atoms with Gasteiger partial charge in [0.05, 0.1) is 49.2 Å². The molecule has 0 aliphatic carbocycles. The standard InChI is InChI=1S/C25H20N4O5/c1-32-24(30)21-20(15-8-4-3-5-9-15)17(12-26)23(27)29(22(21)25(31)33-2)18-11-7-6-10-16(18)19-13-28-14-34-19/h3-11,13-14,20H,27H2,1-2H3. The third-order valence-corrected chi connectivity index (χ3v) is 5.45. The molecule has 9 nitrogen and oxygen atoms in total. The Labute approximate surface area is 195 Å². The number of benzene rings is 2. The van der Waals surface area contributed by atoms with E-state index in [9.17, 15) is 14.9 Å². The fraction of sp³-hybridized carbons (Fsp3) is 0.120. The Morgan fingerprint density at radius 2 is 1.74 bits per heavy atom. The maximum absolute atomic E-state index is 13.2. The molecule has 3 aromatic rings. The molecule has 34 heavy (non-hydrogen) atoms. The van der Waals surface area contributed by atoms with Crippen LogP contribution in [-0.4, -0.2) is 31.1 Å². The molecule has 0 fully saturated rings. The number of ether oxygens (including phenoxy) is 2. The summed E-state index contributed by atoms with van der Waals surface area (Å²) in [5.41, 5.74) is 7.90. The first-order chi connectivity index (χ1) is 16.5. The van der Waals surface area contributed by atoms with Gasteiger partial charge in [-0.05, 0) is 17.7 Å². The average Bonchev–Trinajstić information content (AvgIpc) is 3.42. The number of nitrogens with zero attached hydrogens (tertiary/aromatic N) is 3. The maximum atomic E-state index is 13.2. The highest BCUT2D eigenvalue weighted by Crippen LogP contribution is 2.45. The Bertz CT molecular complexity index is 1340. The van der Waals surface area contributed by atoms with Gasteiger partial charge in [-0.3, -0.25) is 4.90 Å². The lowest BCUT2D eigenvalue weighted by Crippen LogP contribution is -2.41. The normalized spacial score (nSPS) is 15.7. The molecule has 1 aromatic heterocycles. The number of hydrogen-bond donors (Lipinski definition) is 1. The summed E-state index contributed by atoms with van der Waals surface area (Å²) >= 11 is 0. The quantitative estimate of drug-likeness (QED) is 0.575. The molecule has 2 N–H and O–H groups in total. The minimum atomic E-state index is -0.943. The summed E-state index contributed by atoms with van der Waals surface area (Å²) in [6, 6.07) is 17.9. The molecule has 0 radical (unpaired) electrons. The molecule has 1 aliphatic rings. The zero-order valence-electron chi connectivity index (χ0n) is 18.4. The molecule has 0 amide bonds. The van der Waals surface area contributed by atoms with E-state index in [1.807, 2.05) is 0 Å². The number of methoxy groups -OCH3 is 2. The second-order valence-electron chi connectivity index (χ2n) is 7.22. The predicted molar refractivity (Wildman–Crippen MR) is 121 cm³/mol. The molecule has 170 valence electrons. The first-order valence-electron chi connectivity index (χ1n) is 10.2. The van der Waals surface area contributed by atoms with Crippen molar-refractivity contribution in [1.29, 1.82) is 5.26 Å². The average molecular weight is 456 g/mol. The van der Waals surface area contributed by atoms with Crippen LogP contribution in [0, 0.1) is 11.3 Å². The van der Waals surface area contributed by atoms with Crippen molar-refractivity contribution in [3.05, 3.63) is 95.4 Å². The SMILES string of the molecule is COC(=O)C1=C(C(=O)OC)N(c2ccccc2-c2cnco2)C(N)=C(C#N)C1c1ccccc1. The molecule has 2 aromatic carbocycles. The molecule has 9 heteroatoms. The first kappa shape index (κ1) is 22.4. The van der Waals surface area contributed by atoms with Crippen LogP contribution in [-0.2, 0) is 19.1 Å².